The fraction of sp³-hybridized carbons (Fsp3) is 0.500. The van der Waals surface area contributed by atoms with Crippen molar-refractivity contribution in [1.29, 1.82) is 0 Å². The van der Waals surface area contributed by atoms with Crippen molar-refractivity contribution in [3.05, 3.63) is 28.8 Å². The quantitative estimate of drug-likeness (QED) is 0.859. The second-order valence-corrected chi connectivity index (χ2v) is 4.70. The summed E-state index contributed by atoms with van der Waals surface area (Å²) in [4.78, 5) is 0. The first-order valence-corrected chi connectivity index (χ1v) is 5.60. The number of halogens is 1. The third kappa shape index (κ3) is 2.11. The number of hydrogen-bond acceptors (Lipinski definition) is 2. The second kappa shape index (κ2) is 4.03. The molecule has 1 saturated carbocycles. The lowest BCUT2D eigenvalue weighted by Gasteiger charge is -2.13. The zero-order chi connectivity index (χ0) is 11.0. The van der Waals surface area contributed by atoms with Gasteiger partial charge in [-0.15, -0.1) is 0 Å². The number of benzene rings is 1. The topological polar surface area (TPSA) is 35.2 Å². The van der Waals surface area contributed by atoms with Crippen LogP contribution in [0.15, 0.2) is 18.2 Å². The van der Waals surface area contributed by atoms with Crippen LogP contribution in [0.1, 0.15) is 24.9 Å². The molecule has 2 nitrogen and oxygen atoms in total. The maximum atomic E-state index is 6.15. The highest BCUT2D eigenvalue weighted by molar-refractivity contribution is 6.32. The van der Waals surface area contributed by atoms with Gasteiger partial charge < -0.3 is 10.5 Å². The molecule has 1 aliphatic rings. The van der Waals surface area contributed by atoms with E-state index in [1.807, 2.05) is 18.2 Å². The molecule has 1 aromatic rings. The zero-order valence-corrected chi connectivity index (χ0v) is 9.79. The molecule has 3 unspecified atom stereocenters. The third-order valence-electron chi connectivity index (χ3n) is 3.19. The van der Waals surface area contributed by atoms with E-state index in [1.165, 1.54) is 6.42 Å². The maximum Gasteiger partial charge on any atom is 0.137 e. The molecule has 0 aromatic heterocycles. The van der Waals surface area contributed by atoms with Gasteiger partial charge in [0.25, 0.3) is 0 Å². The molecule has 0 spiro atoms. The number of nitrogens with two attached hydrogens (primary N) is 1. The molecule has 2 rings (SSSR count). The molecule has 2 N–H and O–H groups in total. The third-order valence-corrected chi connectivity index (χ3v) is 3.49. The second-order valence-electron chi connectivity index (χ2n) is 4.30. The first-order valence-electron chi connectivity index (χ1n) is 5.22. The Morgan fingerprint density at radius 2 is 2.20 bits per heavy atom. The fourth-order valence-corrected chi connectivity index (χ4v) is 2.25. The van der Waals surface area contributed by atoms with E-state index >= 15 is 0 Å². The van der Waals surface area contributed by atoms with Gasteiger partial charge in [0.1, 0.15) is 5.75 Å². The van der Waals surface area contributed by atoms with Gasteiger partial charge in [0.05, 0.1) is 12.1 Å². The molecule has 3 heteroatoms. The molecule has 0 heterocycles. The standard InChI is InChI=1S/C12H16ClNO/c1-7-5-9(7)12(14)8-3-4-11(15-2)10(13)6-8/h3-4,6-7,9,12H,5,14H2,1-2H3. The summed E-state index contributed by atoms with van der Waals surface area (Å²) < 4.78 is 5.10. The molecule has 15 heavy (non-hydrogen) atoms. The summed E-state index contributed by atoms with van der Waals surface area (Å²) in [6.07, 6.45) is 1.23. The van der Waals surface area contributed by atoms with Crippen LogP contribution in [0, 0.1) is 11.8 Å². The SMILES string of the molecule is COc1ccc(C(N)C2CC2C)cc1Cl. The molecule has 0 saturated heterocycles. The van der Waals surface area contributed by atoms with E-state index in [1.54, 1.807) is 7.11 Å². The summed E-state index contributed by atoms with van der Waals surface area (Å²) in [6, 6.07) is 5.91. The Kier molecular flexibility index (Phi) is 2.89. The van der Waals surface area contributed by atoms with E-state index in [9.17, 15) is 0 Å². The number of methoxy groups -OCH3 is 1. The molecule has 0 amide bonds. The molecular weight excluding hydrogens is 210 g/mol. The number of hydrogen-bond donors (Lipinski definition) is 1. The minimum Gasteiger partial charge on any atom is -0.495 e. The van der Waals surface area contributed by atoms with E-state index in [2.05, 4.69) is 6.92 Å². The molecule has 82 valence electrons. The average Bonchev–Trinajstić information content (AvgIpc) is 2.94. The van der Waals surface area contributed by atoms with Gasteiger partial charge in [0.15, 0.2) is 0 Å². The van der Waals surface area contributed by atoms with Crippen molar-refractivity contribution >= 4 is 11.6 Å². The van der Waals surface area contributed by atoms with Gasteiger partial charge in [-0.1, -0.05) is 24.6 Å². The van der Waals surface area contributed by atoms with E-state index < -0.39 is 0 Å². The highest BCUT2D eigenvalue weighted by Crippen LogP contribution is 2.46. The monoisotopic (exact) mass is 225 g/mol. The highest BCUT2D eigenvalue weighted by Gasteiger charge is 2.38. The van der Waals surface area contributed by atoms with Crippen LogP contribution in [-0.2, 0) is 0 Å². The first-order chi connectivity index (χ1) is 7.13. The van der Waals surface area contributed by atoms with E-state index in [4.69, 9.17) is 22.1 Å². The Morgan fingerprint density at radius 1 is 1.53 bits per heavy atom. The van der Waals surface area contributed by atoms with Gasteiger partial charge in [0, 0.05) is 6.04 Å². The lowest BCUT2D eigenvalue weighted by Crippen LogP contribution is -2.13. The van der Waals surface area contributed by atoms with Crippen LogP contribution in [0.2, 0.25) is 5.02 Å². The van der Waals surface area contributed by atoms with Gasteiger partial charge >= 0.3 is 0 Å². The van der Waals surface area contributed by atoms with Crippen LogP contribution in [0.25, 0.3) is 0 Å². The summed E-state index contributed by atoms with van der Waals surface area (Å²) in [7, 11) is 1.61. The zero-order valence-electron chi connectivity index (χ0n) is 9.03. The molecule has 3 atom stereocenters. The van der Waals surface area contributed by atoms with Gasteiger partial charge in [-0.05, 0) is 36.0 Å². The lowest BCUT2D eigenvalue weighted by molar-refractivity contribution is 0.414. The average molecular weight is 226 g/mol. The smallest absolute Gasteiger partial charge is 0.137 e. The Bertz CT molecular complexity index is 367. The molecule has 1 fully saturated rings. The molecule has 1 aromatic carbocycles. The van der Waals surface area contributed by atoms with Crippen LogP contribution in [0.4, 0.5) is 0 Å². The minimum atomic E-state index is 0.114. The van der Waals surface area contributed by atoms with Crippen molar-refractivity contribution in [3.63, 3.8) is 0 Å². The van der Waals surface area contributed by atoms with Crippen molar-refractivity contribution in [2.45, 2.75) is 19.4 Å². The van der Waals surface area contributed by atoms with Crippen molar-refractivity contribution in [1.82, 2.24) is 0 Å². The predicted octanol–water partition coefficient (Wildman–Crippen LogP) is 3.00. The summed E-state index contributed by atoms with van der Waals surface area (Å²) in [5.41, 5.74) is 7.26. The van der Waals surface area contributed by atoms with E-state index in [-0.39, 0.29) is 6.04 Å². The Labute approximate surface area is 95.4 Å². The summed E-state index contributed by atoms with van der Waals surface area (Å²) in [6.45, 7) is 2.23. The largest absolute Gasteiger partial charge is 0.495 e. The van der Waals surface area contributed by atoms with Crippen LogP contribution >= 0.6 is 11.6 Å². The minimum absolute atomic E-state index is 0.114. The van der Waals surface area contributed by atoms with Crippen molar-refractivity contribution in [2.24, 2.45) is 17.6 Å². The van der Waals surface area contributed by atoms with Crippen LogP contribution in [-0.4, -0.2) is 7.11 Å². The van der Waals surface area contributed by atoms with Gasteiger partial charge in [-0.3, -0.25) is 0 Å². The van der Waals surface area contributed by atoms with Crippen LogP contribution in [0.5, 0.6) is 5.75 Å². The molecule has 0 bridgehead atoms. The summed E-state index contributed by atoms with van der Waals surface area (Å²) in [5.74, 6) is 2.08. The predicted molar refractivity (Wildman–Crippen MR) is 62.2 cm³/mol. The van der Waals surface area contributed by atoms with Crippen LogP contribution in [0.3, 0.4) is 0 Å². The highest BCUT2D eigenvalue weighted by atomic mass is 35.5. The Balaban J connectivity index is 2.18. The first kappa shape index (κ1) is 10.8. The van der Waals surface area contributed by atoms with Gasteiger partial charge in [-0.2, -0.15) is 0 Å². The van der Waals surface area contributed by atoms with Crippen LogP contribution < -0.4 is 10.5 Å². The summed E-state index contributed by atoms with van der Waals surface area (Å²) >= 11 is 6.05. The maximum absolute atomic E-state index is 6.15. The molecule has 0 radical (unpaired) electrons. The van der Waals surface area contributed by atoms with Crippen molar-refractivity contribution in [2.75, 3.05) is 7.11 Å². The number of rotatable bonds is 3. The van der Waals surface area contributed by atoms with Gasteiger partial charge in [-0.25, -0.2) is 0 Å². The fourth-order valence-electron chi connectivity index (χ4n) is 1.99. The van der Waals surface area contributed by atoms with Crippen molar-refractivity contribution < 1.29 is 4.74 Å². The lowest BCUT2D eigenvalue weighted by atomic mass is 10.0. The summed E-state index contributed by atoms with van der Waals surface area (Å²) in [5, 5.41) is 0.638. The van der Waals surface area contributed by atoms with Crippen molar-refractivity contribution in [3.8, 4) is 5.75 Å². The number of ether oxygens (including phenoxy) is 1. The molecule has 1 aliphatic carbocycles. The molecular formula is C12H16ClNO. The van der Waals surface area contributed by atoms with Gasteiger partial charge in [0.2, 0.25) is 0 Å². The van der Waals surface area contributed by atoms with E-state index in [0.29, 0.717) is 16.7 Å². The Hall–Kier alpha value is -0.730. The molecule has 0 aliphatic heterocycles. The normalized spacial score (nSPS) is 26.1. The van der Waals surface area contributed by atoms with E-state index in [0.717, 1.165) is 11.5 Å². The Morgan fingerprint density at radius 3 is 2.67 bits per heavy atom.